The zero-order valence-corrected chi connectivity index (χ0v) is 15.4. The van der Waals surface area contributed by atoms with Crippen molar-refractivity contribution in [2.75, 3.05) is 31.6 Å². The highest BCUT2D eigenvalue weighted by atomic mass is 32.2. The van der Waals surface area contributed by atoms with E-state index in [1.54, 1.807) is 29.2 Å². The summed E-state index contributed by atoms with van der Waals surface area (Å²) in [5, 5.41) is 5.12. The van der Waals surface area contributed by atoms with E-state index in [4.69, 9.17) is 0 Å². The van der Waals surface area contributed by atoms with Crippen molar-refractivity contribution in [3.8, 4) is 0 Å². The number of nitrogens with zero attached hydrogens (tertiary/aromatic N) is 4. The van der Waals surface area contributed by atoms with Crippen molar-refractivity contribution < 1.29 is 13.2 Å². The Morgan fingerprint density at radius 1 is 1.08 bits per heavy atom. The molecule has 0 spiro atoms. The molecule has 8 nitrogen and oxygen atoms in total. The summed E-state index contributed by atoms with van der Waals surface area (Å²) >= 11 is 0. The maximum absolute atomic E-state index is 13.3. The molecule has 2 aliphatic rings. The van der Waals surface area contributed by atoms with E-state index in [9.17, 15) is 18.0 Å². The van der Waals surface area contributed by atoms with Gasteiger partial charge in [0.15, 0.2) is 15.5 Å². The predicted molar refractivity (Wildman–Crippen MR) is 96.9 cm³/mol. The average molecular weight is 376 g/mol. The zero-order valence-electron chi connectivity index (χ0n) is 14.6. The first kappa shape index (κ1) is 17.2. The van der Waals surface area contributed by atoms with Gasteiger partial charge in [-0.1, -0.05) is 18.2 Å². The molecule has 0 bridgehead atoms. The average Bonchev–Trinajstić information content (AvgIpc) is 2.94. The van der Waals surface area contributed by atoms with E-state index in [-0.39, 0.29) is 40.7 Å². The second-order valence-corrected chi connectivity index (χ2v) is 9.17. The molecule has 4 rings (SSSR count). The maximum atomic E-state index is 13.3. The number of carbonyl (C=O) groups is 1. The minimum atomic E-state index is -3.18. The smallest absolute Gasteiger partial charge is 0.275 e. The van der Waals surface area contributed by atoms with Crippen molar-refractivity contribution in [1.82, 2.24) is 19.6 Å². The quantitative estimate of drug-likeness (QED) is 0.665. The molecule has 0 radical (unpaired) electrons. The molecular formula is C17H20N4O4S. The highest BCUT2D eigenvalue weighted by molar-refractivity contribution is 7.91. The summed E-state index contributed by atoms with van der Waals surface area (Å²) in [6, 6.07) is 6.29. The second kappa shape index (κ2) is 5.88. The van der Waals surface area contributed by atoms with Crippen molar-refractivity contribution in [1.29, 1.82) is 0 Å². The third-order valence-electron chi connectivity index (χ3n) is 5.37. The van der Waals surface area contributed by atoms with E-state index in [1.807, 2.05) is 11.9 Å². The molecule has 2 aliphatic heterocycles. The first-order chi connectivity index (χ1) is 12.3. The molecule has 2 atom stereocenters. The molecule has 2 aromatic rings. The molecule has 2 saturated heterocycles. The van der Waals surface area contributed by atoms with E-state index in [1.165, 1.54) is 7.05 Å². The molecule has 1 aromatic heterocycles. The van der Waals surface area contributed by atoms with Crippen LogP contribution in [0.4, 0.5) is 0 Å². The largest absolute Gasteiger partial charge is 0.330 e. The summed E-state index contributed by atoms with van der Waals surface area (Å²) in [6.07, 6.45) is 0. The van der Waals surface area contributed by atoms with Crippen LogP contribution in [0.2, 0.25) is 0 Å². The van der Waals surface area contributed by atoms with E-state index in [2.05, 4.69) is 5.10 Å². The number of likely N-dealkylation sites (N-methyl/N-ethyl adjacent to an activating group) is 1. The predicted octanol–water partition coefficient (Wildman–Crippen LogP) is -0.513. The van der Waals surface area contributed by atoms with Gasteiger partial charge in [0.25, 0.3) is 11.5 Å². The van der Waals surface area contributed by atoms with Gasteiger partial charge in [0.1, 0.15) is 0 Å². The van der Waals surface area contributed by atoms with Gasteiger partial charge in [-0.3, -0.25) is 14.5 Å². The van der Waals surface area contributed by atoms with Crippen LogP contribution in [0, 0.1) is 0 Å². The number of fused-ring (bicyclic) bond motifs is 2. The first-order valence-corrected chi connectivity index (χ1v) is 10.3. The van der Waals surface area contributed by atoms with E-state index in [0.29, 0.717) is 23.9 Å². The molecule has 0 aliphatic carbocycles. The molecule has 3 heterocycles. The Bertz CT molecular complexity index is 1060. The van der Waals surface area contributed by atoms with E-state index < -0.39 is 9.84 Å². The molecule has 0 saturated carbocycles. The number of sulfone groups is 1. The standard InChI is InChI=1S/C17H20N4O4S/c1-19-7-8-21(14-10-26(24,25)9-13(14)19)17(23)15-11-5-3-4-6-12(11)16(22)20(2)18-15/h3-6,13-14H,7-10H2,1-2H3/t13-,14+/m1/s1. The number of carbonyl (C=O) groups excluding carboxylic acids is 1. The van der Waals surface area contributed by atoms with Gasteiger partial charge in [-0.15, -0.1) is 0 Å². The van der Waals surface area contributed by atoms with Crippen LogP contribution in [-0.4, -0.2) is 77.6 Å². The molecule has 26 heavy (non-hydrogen) atoms. The molecule has 1 amide bonds. The number of aromatic nitrogens is 2. The Balaban J connectivity index is 1.80. The lowest BCUT2D eigenvalue weighted by Gasteiger charge is -2.42. The molecule has 138 valence electrons. The normalized spacial score (nSPS) is 25.4. The van der Waals surface area contributed by atoms with Crippen LogP contribution < -0.4 is 5.56 Å². The van der Waals surface area contributed by atoms with Crippen LogP contribution in [0.1, 0.15) is 10.5 Å². The van der Waals surface area contributed by atoms with Gasteiger partial charge in [-0.25, -0.2) is 13.1 Å². The lowest BCUT2D eigenvalue weighted by atomic mass is 10.0. The van der Waals surface area contributed by atoms with Crippen LogP contribution in [0.25, 0.3) is 10.8 Å². The fourth-order valence-corrected chi connectivity index (χ4v) is 6.03. The second-order valence-electron chi connectivity index (χ2n) is 7.01. The number of aryl methyl sites for hydroxylation is 1. The molecule has 0 N–H and O–H groups in total. The first-order valence-electron chi connectivity index (χ1n) is 8.46. The Labute approximate surface area is 150 Å². The van der Waals surface area contributed by atoms with Crippen molar-refractivity contribution in [2.45, 2.75) is 12.1 Å². The minimum absolute atomic E-state index is 0.0303. The number of rotatable bonds is 1. The summed E-state index contributed by atoms with van der Waals surface area (Å²) in [4.78, 5) is 29.2. The number of benzene rings is 1. The molecule has 1 aromatic carbocycles. The third-order valence-corrected chi connectivity index (χ3v) is 7.07. The van der Waals surface area contributed by atoms with E-state index in [0.717, 1.165) is 4.68 Å². The van der Waals surface area contributed by atoms with Crippen molar-refractivity contribution >= 4 is 26.5 Å². The van der Waals surface area contributed by atoms with Gasteiger partial charge in [0.05, 0.1) is 22.9 Å². The summed E-state index contributed by atoms with van der Waals surface area (Å²) in [5.74, 6) is -0.284. The van der Waals surface area contributed by atoms with Crippen molar-refractivity contribution in [3.05, 3.63) is 40.3 Å². The third kappa shape index (κ3) is 2.62. The van der Waals surface area contributed by atoms with E-state index >= 15 is 0 Å². The van der Waals surface area contributed by atoms with Crippen LogP contribution in [0.5, 0.6) is 0 Å². The van der Waals surface area contributed by atoms with Gasteiger partial charge < -0.3 is 4.90 Å². The highest BCUT2D eigenvalue weighted by Crippen LogP contribution is 2.28. The Morgan fingerprint density at radius 2 is 1.73 bits per heavy atom. The monoisotopic (exact) mass is 376 g/mol. The maximum Gasteiger partial charge on any atom is 0.275 e. The Hall–Kier alpha value is -2.26. The zero-order chi connectivity index (χ0) is 18.6. The fourth-order valence-electron chi connectivity index (χ4n) is 3.97. The molecule has 0 unspecified atom stereocenters. The number of hydrogen-bond donors (Lipinski definition) is 0. The summed E-state index contributed by atoms with van der Waals surface area (Å²) in [7, 11) is 0.222. The summed E-state index contributed by atoms with van der Waals surface area (Å²) < 4.78 is 25.4. The SMILES string of the molecule is CN1CCN(C(=O)c2nn(C)c(=O)c3ccccc23)[C@H]2CS(=O)(=O)C[C@H]21. The van der Waals surface area contributed by atoms with Crippen molar-refractivity contribution in [3.63, 3.8) is 0 Å². The highest BCUT2D eigenvalue weighted by Gasteiger charge is 2.47. The number of piperazine rings is 1. The molecule has 2 fully saturated rings. The number of hydrogen-bond acceptors (Lipinski definition) is 6. The van der Waals surface area contributed by atoms with Crippen molar-refractivity contribution in [2.24, 2.45) is 7.05 Å². The number of amides is 1. The fraction of sp³-hybridized carbons (Fsp3) is 0.471. The minimum Gasteiger partial charge on any atom is -0.330 e. The van der Waals surface area contributed by atoms with Crippen LogP contribution in [-0.2, 0) is 16.9 Å². The van der Waals surface area contributed by atoms with Crippen LogP contribution in [0.3, 0.4) is 0 Å². The van der Waals surface area contributed by atoms with Crippen LogP contribution in [0.15, 0.2) is 29.1 Å². The van der Waals surface area contributed by atoms with Gasteiger partial charge in [0, 0.05) is 31.6 Å². The van der Waals surface area contributed by atoms with Gasteiger partial charge >= 0.3 is 0 Å². The topological polar surface area (TPSA) is 92.6 Å². The Kier molecular flexibility index (Phi) is 3.89. The van der Waals surface area contributed by atoms with Gasteiger partial charge in [0.2, 0.25) is 0 Å². The lowest BCUT2D eigenvalue weighted by Crippen LogP contribution is -2.59. The Morgan fingerprint density at radius 3 is 2.46 bits per heavy atom. The van der Waals surface area contributed by atoms with Crippen LogP contribution >= 0.6 is 0 Å². The molecule has 9 heteroatoms. The molecular weight excluding hydrogens is 356 g/mol. The van der Waals surface area contributed by atoms with Gasteiger partial charge in [-0.2, -0.15) is 5.10 Å². The lowest BCUT2D eigenvalue weighted by molar-refractivity contribution is 0.0404. The summed E-state index contributed by atoms with van der Waals surface area (Å²) in [5.41, 5.74) is -0.0767. The summed E-state index contributed by atoms with van der Waals surface area (Å²) in [6.45, 7) is 1.04. The van der Waals surface area contributed by atoms with Gasteiger partial charge in [-0.05, 0) is 13.1 Å².